The molecule has 3 atom stereocenters. The summed E-state index contributed by atoms with van der Waals surface area (Å²) in [5, 5.41) is 17.4. The van der Waals surface area contributed by atoms with Crippen LogP contribution in [0.1, 0.15) is 71.5 Å². The normalized spacial score (nSPS) is 13.3. The summed E-state index contributed by atoms with van der Waals surface area (Å²) in [6.45, 7) is 7.17. The van der Waals surface area contributed by atoms with Crippen LogP contribution in [0.2, 0.25) is 5.02 Å². The summed E-state index contributed by atoms with van der Waals surface area (Å²) < 4.78 is 27.9. The first-order chi connectivity index (χ1) is 19.6. The van der Waals surface area contributed by atoms with Crippen LogP contribution < -0.4 is 10.6 Å². The lowest BCUT2D eigenvalue weighted by Crippen LogP contribution is -2.49. The van der Waals surface area contributed by atoms with Gasteiger partial charge in [-0.1, -0.05) is 55.8 Å². The lowest BCUT2D eigenvalue weighted by Gasteiger charge is -2.26. The van der Waals surface area contributed by atoms with E-state index in [4.69, 9.17) is 11.6 Å². The van der Waals surface area contributed by atoms with E-state index in [-0.39, 0.29) is 46.6 Å². The molecular formula is C32H38ClF2N3O3. The van der Waals surface area contributed by atoms with E-state index in [9.17, 15) is 23.5 Å². The van der Waals surface area contributed by atoms with Gasteiger partial charge in [0.1, 0.15) is 11.6 Å². The van der Waals surface area contributed by atoms with Gasteiger partial charge >= 0.3 is 0 Å². The third-order valence-electron chi connectivity index (χ3n) is 6.77. The first kappa shape index (κ1) is 32.2. The molecule has 0 aliphatic carbocycles. The number of aliphatic hydroxyl groups is 1. The summed E-state index contributed by atoms with van der Waals surface area (Å²) >= 11 is 6.31. The van der Waals surface area contributed by atoms with Crippen molar-refractivity contribution in [1.29, 1.82) is 0 Å². The number of halogens is 3. The fourth-order valence-corrected chi connectivity index (χ4v) is 4.93. The molecule has 0 aliphatic heterocycles. The van der Waals surface area contributed by atoms with Crippen LogP contribution in [0.25, 0.3) is 0 Å². The number of benzene rings is 3. The fraction of sp³-hybridized carbons (Fsp3) is 0.375. The van der Waals surface area contributed by atoms with E-state index in [1.165, 1.54) is 30.3 Å². The third-order valence-corrected chi connectivity index (χ3v) is 6.99. The Morgan fingerprint density at radius 1 is 0.927 bits per heavy atom. The molecule has 41 heavy (non-hydrogen) atoms. The van der Waals surface area contributed by atoms with E-state index in [0.29, 0.717) is 13.1 Å². The maximum absolute atomic E-state index is 13.9. The van der Waals surface area contributed by atoms with Crippen molar-refractivity contribution in [2.75, 3.05) is 19.6 Å². The molecule has 0 bridgehead atoms. The number of amides is 2. The van der Waals surface area contributed by atoms with Crippen molar-refractivity contribution < 1.29 is 23.5 Å². The molecule has 0 saturated carbocycles. The number of carbonyl (C=O) groups is 2. The maximum atomic E-state index is 13.9. The van der Waals surface area contributed by atoms with Gasteiger partial charge in [0, 0.05) is 47.9 Å². The van der Waals surface area contributed by atoms with E-state index in [0.717, 1.165) is 24.5 Å². The van der Waals surface area contributed by atoms with E-state index < -0.39 is 29.7 Å². The molecule has 0 spiro atoms. The minimum absolute atomic E-state index is 0.0316. The number of hydrogen-bond acceptors (Lipinski definition) is 4. The highest BCUT2D eigenvalue weighted by Gasteiger charge is 2.25. The molecule has 9 heteroatoms. The molecule has 3 rings (SSSR count). The van der Waals surface area contributed by atoms with Crippen LogP contribution in [-0.4, -0.2) is 53.6 Å². The van der Waals surface area contributed by atoms with Gasteiger partial charge in [0.2, 0.25) is 0 Å². The molecule has 6 nitrogen and oxygen atoms in total. The molecule has 0 aromatic heterocycles. The minimum atomic E-state index is -1.11. The standard InChI is InChI=1S/C32H38ClF2N3O3/c1-4-11-38(12-5-2)32(41)25-16-24(17-26(33)18-25)31(40)37-29(15-22-13-27(34)19-28(35)14-22)30(39)20-36-21(3)23-9-7-6-8-10-23/h6-10,13-14,16-19,21,29-30,36,39H,4-5,11-12,15,20H2,1-3H3,(H,37,40)/t21?,29-,30+/m0/s1. The summed E-state index contributed by atoms with van der Waals surface area (Å²) in [5.41, 5.74) is 1.72. The number of nitrogens with zero attached hydrogens (tertiary/aromatic N) is 1. The Hall–Kier alpha value is -3.33. The number of carbonyl (C=O) groups excluding carboxylic acids is 2. The molecule has 220 valence electrons. The second-order valence-electron chi connectivity index (χ2n) is 10.2. The van der Waals surface area contributed by atoms with Crippen molar-refractivity contribution in [1.82, 2.24) is 15.5 Å². The average molecular weight is 586 g/mol. The van der Waals surface area contributed by atoms with Gasteiger partial charge in [0.25, 0.3) is 11.8 Å². The van der Waals surface area contributed by atoms with Gasteiger partial charge < -0.3 is 20.6 Å². The summed E-state index contributed by atoms with van der Waals surface area (Å²) in [4.78, 5) is 28.3. The zero-order chi connectivity index (χ0) is 29.9. The van der Waals surface area contributed by atoms with Gasteiger partial charge in [-0.25, -0.2) is 8.78 Å². The molecule has 2 amide bonds. The fourth-order valence-electron chi connectivity index (χ4n) is 4.70. The van der Waals surface area contributed by atoms with E-state index in [2.05, 4.69) is 10.6 Å². The molecule has 3 aromatic rings. The van der Waals surface area contributed by atoms with E-state index in [1.54, 1.807) is 4.90 Å². The first-order valence-corrected chi connectivity index (χ1v) is 14.3. The predicted molar refractivity (Wildman–Crippen MR) is 158 cm³/mol. The van der Waals surface area contributed by atoms with Crippen molar-refractivity contribution in [2.45, 2.75) is 58.2 Å². The predicted octanol–water partition coefficient (Wildman–Crippen LogP) is 5.93. The van der Waals surface area contributed by atoms with Crippen LogP contribution in [0, 0.1) is 11.6 Å². The smallest absolute Gasteiger partial charge is 0.253 e. The molecular weight excluding hydrogens is 548 g/mol. The van der Waals surface area contributed by atoms with Crippen molar-refractivity contribution in [2.24, 2.45) is 0 Å². The highest BCUT2D eigenvalue weighted by Crippen LogP contribution is 2.19. The van der Waals surface area contributed by atoms with Crippen molar-refractivity contribution in [3.05, 3.63) is 106 Å². The third kappa shape index (κ3) is 9.63. The molecule has 1 unspecified atom stereocenters. The lowest BCUT2D eigenvalue weighted by molar-refractivity contribution is 0.0755. The molecule has 3 aromatic carbocycles. The largest absolute Gasteiger partial charge is 0.390 e. The second-order valence-corrected chi connectivity index (χ2v) is 10.6. The summed E-state index contributed by atoms with van der Waals surface area (Å²) in [5.74, 6) is -2.30. The van der Waals surface area contributed by atoms with Gasteiger partial charge in [0.15, 0.2) is 0 Å². The molecule has 0 saturated heterocycles. The highest BCUT2D eigenvalue weighted by molar-refractivity contribution is 6.31. The number of aliphatic hydroxyl groups excluding tert-OH is 1. The molecule has 0 fully saturated rings. The average Bonchev–Trinajstić information content (AvgIpc) is 2.94. The van der Waals surface area contributed by atoms with Gasteiger partial charge in [-0.2, -0.15) is 0 Å². The Balaban J connectivity index is 1.83. The molecule has 0 radical (unpaired) electrons. The summed E-state index contributed by atoms with van der Waals surface area (Å²) in [6.07, 6.45) is 0.436. The summed E-state index contributed by atoms with van der Waals surface area (Å²) in [7, 11) is 0. The Morgan fingerprint density at radius 2 is 1.54 bits per heavy atom. The molecule has 0 heterocycles. The zero-order valence-corrected chi connectivity index (χ0v) is 24.4. The topological polar surface area (TPSA) is 81.7 Å². The van der Waals surface area contributed by atoms with Crippen LogP contribution in [0.5, 0.6) is 0 Å². The SMILES string of the molecule is CCCN(CCC)C(=O)c1cc(Cl)cc(C(=O)N[C@@H](Cc2cc(F)cc(F)c2)[C@H](O)CNC(C)c2ccccc2)c1. The van der Waals surface area contributed by atoms with Crippen LogP contribution in [0.15, 0.2) is 66.7 Å². The van der Waals surface area contributed by atoms with Crippen LogP contribution in [0.4, 0.5) is 8.78 Å². The zero-order valence-electron chi connectivity index (χ0n) is 23.7. The van der Waals surface area contributed by atoms with Gasteiger partial charge in [-0.3, -0.25) is 9.59 Å². The Morgan fingerprint density at radius 3 is 2.15 bits per heavy atom. The van der Waals surface area contributed by atoms with Crippen LogP contribution >= 0.6 is 11.6 Å². The molecule has 0 aliphatic rings. The van der Waals surface area contributed by atoms with Gasteiger partial charge in [-0.15, -0.1) is 0 Å². The second kappa shape index (κ2) is 15.6. The highest BCUT2D eigenvalue weighted by atomic mass is 35.5. The Kier molecular flexibility index (Phi) is 12.3. The number of hydrogen-bond donors (Lipinski definition) is 3. The Labute approximate surface area is 245 Å². The van der Waals surface area contributed by atoms with E-state index >= 15 is 0 Å². The number of rotatable bonds is 14. The first-order valence-electron chi connectivity index (χ1n) is 13.9. The van der Waals surface area contributed by atoms with Crippen molar-refractivity contribution in [3.8, 4) is 0 Å². The quantitative estimate of drug-likeness (QED) is 0.219. The van der Waals surface area contributed by atoms with Gasteiger partial charge in [0.05, 0.1) is 12.1 Å². The Bertz CT molecular complexity index is 1280. The number of nitrogens with one attached hydrogen (secondary N) is 2. The maximum Gasteiger partial charge on any atom is 0.253 e. The monoisotopic (exact) mass is 585 g/mol. The lowest BCUT2D eigenvalue weighted by atomic mass is 9.99. The van der Waals surface area contributed by atoms with E-state index in [1.807, 2.05) is 51.1 Å². The summed E-state index contributed by atoms with van der Waals surface area (Å²) in [6, 6.07) is 16.2. The van der Waals surface area contributed by atoms with Crippen LogP contribution in [-0.2, 0) is 6.42 Å². The van der Waals surface area contributed by atoms with Crippen molar-refractivity contribution in [3.63, 3.8) is 0 Å². The van der Waals surface area contributed by atoms with Gasteiger partial charge in [-0.05, 0) is 67.6 Å². The molecule has 3 N–H and O–H groups in total. The van der Waals surface area contributed by atoms with Crippen molar-refractivity contribution >= 4 is 23.4 Å². The van der Waals surface area contributed by atoms with Crippen LogP contribution in [0.3, 0.4) is 0 Å². The minimum Gasteiger partial charge on any atom is -0.390 e.